The number of hydrogen-bond acceptors (Lipinski definition) is 10. The first kappa shape index (κ1) is 44.9. The molecule has 0 spiro atoms. The molecule has 2 aliphatic rings. The van der Waals surface area contributed by atoms with Gasteiger partial charge in [-0.15, -0.1) is 0 Å². The van der Waals surface area contributed by atoms with Gasteiger partial charge in [0.1, 0.15) is 5.78 Å². The standard InChI is InChI=1S/C39H61N7O9/c1-24(2)38(54)31-12-9-15-46(31)39(55)29(26-10-7-8-11-26)19-32(47)27(17-37(52)53)16-33(48)30(18-28-20-40-23-42-28)43-34(49)21-44(5)36(51)22-45(6)35(50)13-14-41-25(3)4/h20,23-27,29-31,41H,7-19,21-22H2,1-6H3,(H,40,42)(H,43,49)(H,52,53)/t27-,29+,30+,31+/m0/s1. The first-order valence-corrected chi connectivity index (χ1v) is 19.6. The number of nitrogens with one attached hydrogen (secondary N) is 3. The van der Waals surface area contributed by atoms with E-state index < -0.39 is 72.7 Å². The van der Waals surface area contributed by atoms with Gasteiger partial charge in [0.15, 0.2) is 11.6 Å². The Hall–Kier alpha value is -4.47. The molecule has 1 aliphatic heterocycles. The van der Waals surface area contributed by atoms with Gasteiger partial charge in [0.25, 0.3) is 0 Å². The zero-order chi connectivity index (χ0) is 40.8. The SMILES string of the molecule is CC(C)NCCC(=O)N(C)CC(=O)N(C)CC(=O)N[C@H](Cc1cnc[nH]1)C(=O)C[C@@H](CC(=O)O)C(=O)C[C@@H](C(=O)N1CCC[C@@H]1C(=O)C(C)C)C1CCCC1. The lowest BCUT2D eigenvalue weighted by Gasteiger charge is -2.32. The first-order chi connectivity index (χ1) is 26.0. The predicted octanol–water partition coefficient (Wildman–Crippen LogP) is 1.77. The van der Waals surface area contributed by atoms with Crippen molar-refractivity contribution in [2.75, 3.05) is 40.3 Å². The quantitative estimate of drug-likeness (QED) is 0.126. The van der Waals surface area contributed by atoms with Crippen molar-refractivity contribution in [1.29, 1.82) is 0 Å². The van der Waals surface area contributed by atoms with E-state index in [1.54, 1.807) is 18.7 Å². The highest BCUT2D eigenvalue weighted by molar-refractivity contribution is 5.97. The number of imidazole rings is 1. The normalized spacial score (nSPS) is 17.5. The number of ketones is 3. The molecule has 4 amide bonds. The maximum absolute atomic E-state index is 14.1. The van der Waals surface area contributed by atoms with Gasteiger partial charge in [0, 0.05) is 88.6 Å². The summed E-state index contributed by atoms with van der Waals surface area (Å²) in [5, 5.41) is 15.6. The second kappa shape index (κ2) is 21.6. The molecule has 1 aliphatic carbocycles. The molecule has 306 valence electrons. The van der Waals surface area contributed by atoms with Crippen molar-refractivity contribution in [2.24, 2.45) is 23.7 Å². The Morgan fingerprint density at radius 1 is 0.891 bits per heavy atom. The van der Waals surface area contributed by atoms with Gasteiger partial charge in [-0.25, -0.2) is 4.98 Å². The number of aliphatic carboxylic acids is 1. The number of carbonyl (C=O) groups excluding carboxylic acids is 7. The molecule has 4 N–H and O–H groups in total. The van der Waals surface area contributed by atoms with Gasteiger partial charge >= 0.3 is 5.97 Å². The third kappa shape index (κ3) is 14.0. The Morgan fingerprint density at radius 2 is 1.56 bits per heavy atom. The summed E-state index contributed by atoms with van der Waals surface area (Å²) in [6.07, 6.45) is 6.15. The van der Waals surface area contributed by atoms with Crippen LogP contribution in [0, 0.1) is 23.7 Å². The van der Waals surface area contributed by atoms with Crippen LogP contribution in [0.1, 0.15) is 97.6 Å². The van der Waals surface area contributed by atoms with Crippen LogP contribution >= 0.6 is 0 Å². The number of aromatic nitrogens is 2. The van der Waals surface area contributed by atoms with E-state index in [4.69, 9.17) is 0 Å². The number of hydrogen-bond donors (Lipinski definition) is 4. The van der Waals surface area contributed by atoms with Crippen molar-refractivity contribution < 1.29 is 43.5 Å². The molecule has 0 unspecified atom stereocenters. The molecule has 55 heavy (non-hydrogen) atoms. The summed E-state index contributed by atoms with van der Waals surface area (Å²) in [6, 6.07) is -1.54. The average Bonchev–Trinajstić information content (AvgIpc) is 3.93. The molecule has 3 rings (SSSR count). The maximum atomic E-state index is 14.1. The number of aromatic amines is 1. The fourth-order valence-corrected chi connectivity index (χ4v) is 7.49. The number of rotatable bonds is 23. The zero-order valence-electron chi connectivity index (χ0n) is 33.3. The van der Waals surface area contributed by atoms with E-state index in [9.17, 15) is 43.5 Å². The van der Waals surface area contributed by atoms with E-state index in [0.29, 0.717) is 31.6 Å². The Kier molecular flexibility index (Phi) is 17.6. The largest absolute Gasteiger partial charge is 0.481 e. The molecule has 2 fully saturated rings. The van der Waals surface area contributed by atoms with Gasteiger partial charge in [0.2, 0.25) is 23.6 Å². The van der Waals surface area contributed by atoms with Gasteiger partial charge in [-0.2, -0.15) is 0 Å². The molecule has 1 aromatic heterocycles. The van der Waals surface area contributed by atoms with Crippen molar-refractivity contribution in [2.45, 2.75) is 116 Å². The van der Waals surface area contributed by atoms with Crippen molar-refractivity contribution in [3.8, 4) is 0 Å². The molecule has 16 nitrogen and oxygen atoms in total. The number of likely N-dealkylation sites (N-methyl/N-ethyl adjacent to an activating group) is 2. The number of likely N-dealkylation sites (tertiary alicyclic amines) is 1. The Morgan fingerprint density at radius 3 is 2.16 bits per heavy atom. The number of carboxylic acids is 1. The van der Waals surface area contributed by atoms with Gasteiger partial charge in [-0.3, -0.25) is 38.4 Å². The average molecular weight is 772 g/mol. The monoisotopic (exact) mass is 771 g/mol. The van der Waals surface area contributed by atoms with Gasteiger partial charge in [-0.05, 0) is 31.6 Å². The molecule has 1 saturated carbocycles. The number of Topliss-reactive ketones (excluding diaryl/α,β-unsaturated/α-hetero) is 3. The highest BCUT2D eigenvalue weighted by Gasteiger charge is 2.42. The van der Waals surface area contributed by atoms with Crippen LogP contribution in [0.25, 0.3) is 0 Å². The number of H-pyrrole nitrogens is 1. The van der Waals surface area contributed by atoms with Gasteiger partial charge < -0.3 is 35.4 Å². The number of carbonyl (C=O) groups is 8. The van der Waals surface area contributed by atoms with Crippen LogP contribution in [0.15, 0.2) is 12.5 Å². The smallest absolute Gasteiger partial charge is 0.304 e. The van der Waals surface area contributed by atoms with Crippen LogP contribution in [0.2, 0.25) is 0 Å². The fourth-order valence-electron chi connectivity index (χ4n) is 7.49. The summed E-state index contributed by atoms with van der Waals surface area (Å²) in [4.78, 5) is 116. The molecule has 0 bridgehead atoms. The summed E-state index contributed by atoms with van der Waals surface area (Å²) in [7, 11) is 2.90. The molecular formula is C39H61N7O9. The fraction of sp³-hybridized carbons (Fsp3) is 0.718. The van der Waals surface area contributed by atoms with E-state index in [1.165, 1.54) is 31.5 Å². The highest BCUT2D eigenvalue weighted by Crippen LogP contribution is 2.37. The maximum Gasteiger partial charge on any atom is 0.304 e. The van der Waals surface area contributed by atoms with E-state index >= 15 is 0 Å². The topological polar surface area (TPSA) is 219 Å². The van der Waals surface area contributed by atoms with Crippen molar-refractivity contribution >= 4 is 46.9 Å². The van der Waals surface area contributed by atoms with Crippen LogP contribution < -0.4 is 10.6 Å². The molecule has 2 heterocycles. The third-order valence-corrected chi connectivity index (χ3v) is 10.7. The van der Waals surface area contributed by atoms with Crippen molar-refractivity contribution in [3.05, 3.63) is 18.2 Å². The molecular weight excluding hydrogens is 710 g/mol. The lowest BCUT2D eigenvalue weighted by Crippen LogP contribution is -2.49. The Bertz CT molecular complexity index is 1510. The molecule has 4 atom stereocenters. The summed E-state index contributed by atoms with van der Waals surface area (Å²) in [6.45, 7) is 7.70. The highest BCUT2D eigenvalue weighted by atomic mass is 16.4. The summed E-state index contributed by atoms with van der Waals surface area (Å²) >= 11 is 0. The molecule has 1 aromatic rings. The van der Waals surface area contributed by atoms with Crippen LogP contribution in [0.5, 0.6) is 0 Å². The number of nitrogens with zero attached hydrogens (tertiary/aromatic N) is 4. The minimum atomic E-state index is -1.29. The van der Waals surface area contributed by atoms with Crippen molar-refractivity contribution in [1.82, 2.24) is 35.3 Å². The zero-order valence-corrected chi connectivity index (χ0v) is 33.3. The second-order valence-corrected chi connectivity index (χ2v) is 15.8. The first-order valence-electron chi connectivity index (χ1n) is 19.6. The van der Waals surface area contributed by atoms with Crippen LogP contribution in [0.4, 0.5) is 0 Å². The third-order valence-electron chi connectivity index (χ3n) is 10.7. The number of amides is 4. The van der Waals surface area contributed by atoms with Gasteiger partial charge in [-0.1, -0.05) is 40.5 Å². The van der Waals surface area contributed by atoms with E-state index in [1.807, 2.05) is 13.8 Å². The molecule has 0 radical (unpaired) electrons. The molecule has 1 saturated heterocycles. The predicted molar refractivity (Wildman–Crippen MR) is 202 cm³/mol. The van der Waals surface area contributed by atoms with Crippen molar-refractivity contribution in [3.63, 3.8) is 0 Å². The molecule has 16 heteroatoms. The van der Waals surface area contributed by atoms with E-state index in [2.05, 4.69) is 20.6 Å². The lowest BCUT2D eigenvalue weighted by molar-refractivity contribution is -0.146. The van der Waals surface area contributed by atoms with Gasteiger partial charge in [0.05, 0.1) is 37.9 Å². The number of carboxylic acid groups (broad SMARTS) is 1. The van der Waals surface area contributed by atoms with Crippen LogP contribution in [-0.2, 0) is 44.8 Å². The summed E-state index contributed by atoms with van der Waals surface area (Å²) in [5.74, 6) is -6.45. The summed E-state index contributed by atoms with van der Waals surface area (Å²) < 4.78 is 0. The van der Waals surface area contributed by atoms with Crippen LogP contribution in [0.3, 0.4) is 0 Å². The summed E-state index contributed by atoms with van der Waals surface area (Å²) in [5.41, 5.74) is 0.499. The Labute approximate surface area is 323 Å². The molecule has 0 aromatic carbocycles. The Balaban J connectivity index is 1.72. The lowest BCUT2D eigenvalue weighted by atomic mass is 9.80. The minimum Gasteiger partial charge on any atom is -0.481 e. The van der Waals surface area contributed by atoms with E-state index in [0.717, 1.165) is 30.6 Å². The second-order valence-electron chi connectivity index (χ2n) is 15.8. The van der Waals surface area contributed by atoms with Crippen LogP contribution in [-0.4, -0.2) is 135 Å². The minimum absolute atomic E-state index is 0.0228. The van der Waals surface area contributed by atoms with E-state index in [-0.39, 0.29) is 61.3 Å².